The lowest BCUT2D eigenvalue weighted by Crippen LogP contribution is -2.10. The Morgan fingerprint density at radius 3 is 2.90 bits per heavy atom. The third-order valence-electron chi connectivity index (χ3n) is 3.12. The molecule has 110 valence electrons. The van der Waals surface area contributed by atoms with Gasteiger partial charge in [0, 0.05) is 11.6 Å². The normalized spacial score (nSPS) is 11.2. The fourth-order valence-electron chi connectivity index (χ4n) is 1.90. The third kappa shape index (κ3) is 3.63. The molecule has 5 heteroatoms. The van der Waals surface area contributed by atoms with Crippen LogP contribution in [-0.2, 0) is 13.2 Å². The first-order valence-corrected chi connectivity index (χ1v) is 7.06. The Labute approximate surface area is 119 Å². The lowest BCUT2D eigenvalue weighted by molar-refractivity contribution is 0.302. The van der Waals surface area contributed by atoms with Gasteiger partial charge in [0.25, 0.3) is 0 Å². The molecular formula is C15H23N3O2. The second-order valence-electron chi connectivity index (χ2n) is 5.11. The van der Waals surface area contributed by atoms with Crippen molar-refractivity contribution < 1.29 is 9.15 Å². The molecule has 0 aliphatic heterocycles. The van der Waals surface area contributed by atoms with Gasteiger partial charge in [-0.15, -0.1) is 0 Å². The van der Waals surface area contributed by atoms with Crippen LogP contribution in [0.3, 0.4) is 0 Å². The zero-order chi connectivity index (χ0) is 14.5. The molecule has 0 spiro atoms. The fourth-order valence-corrected chi connectivity index (χ4v) is 1.90. The van der Waals surface area contributed by atoms with Crippen LogP contribution in [0.5, 0.6) is 5.75 Å². The Kier molecular flexibility index (Phi) is 4.84. The zero-order valence-electron chi connectivity index (χ0n) is 12.6. The Balaban J connectivity index is 1.94. The van der Waals surface area contributed by atoms with E-state index in [2.05, 4.69) is 31.2 Å². The second-order valence-corrected chi connectivity index (χ2v) is 5.11. The van der Waals surface area contributed by atoms with E-state index >= 15 is 0 Å². The molecule has 0 aliphatic rings. The van der Waals surface area contributed by atoms with Crippen LogP contribution < -0.4 is 10.1 Å². The number of ether oxygens (including phenoxy) is 1. The van der Waals surface area contributed by atoms with Gasteiger partial charge in [-0.1, -0.05) is 6.92 Å². The highest BCUT2D eigenvalue weighted by Gasteiger charge is 2.09. The van der Waals surface area contributed by atoms with Crippen LogP contribution in [0, 0.1) is 6.92 Å². The smallest absolute Gasteiger partial charge is 0.157 e. The number of rotatable bonds is 7. The largest absolute Gasteiger partial charge is 0.485 e. The summed E-state index contributed by atoms with van der Waals surface area (Å²) < 4.78 is 13.3. The summed E-state index contributed by atoms with van der Waals surface area (Å²) >= 11 is 0. The molecule has 0 saturated carbocycles. The van der Waals surface area contributed by atoms with E-state index in [0.717, 1.165) is 35.9 Å². The van der Waals surface area contributed by atoms with Gasteiger partial charge >= 0.3 is 0 Å². The molecule has 2 aromatic heterocycles. The van der Waals surface area contributed by atoms with E-state index < -0.39 is 0 Å². The summed E-state index contributed by atoms with van der Waals surface area (Å²) in [6, 6.07) is 2.39. The molecule has 0 aromatic carbocycles. The molecule has 2 aromatic rings. The number of furan rings is 1. The first-order chi connectivity index (χ1) is 9.60. The van der Waals surface area contributed by atoms with Crippen molar-refractivity contribution in [3.8, 4) is 5.75 Å². The Morgan fingerprint density at radius 1 is 1.45 bits per heavy atom. The van der Waals surface area contributed by atoms with E-state index in [-0.39, 0.29) is 0 Å². The van der Waals surface area contributed by atoms with Crippen LogP contribution in [0.1, 0.15) is 43.9 Å². The number of aryl methyl sites for hydroxylation is 1. The van der Waals surface area contributed by atoms with Crippen LogP contribution in [0.15, 0.2) is 22.9 Å². The molecule has 20 heavy (non-hydrogen) atoms. The van der Waals surface area contributed by atoms with E-state index in [9.17, 15) is 0 Å². The SMILES string of the molecule is CCNCc1cc(COc2cnn(C(C)C)c2)c(C)o1. The molecule has 0 bridgehead atoms. The van der Waals surface area contributed by atoms with Gasteiger partial charge in [0.15, 0.2) is 5.75 Å². The molecule has 5 nitrogen and oxygen atoms in total. The summed E-state index contributed by atoms with van der Waals surface area (Å²) in [7, 11) is 0. The summed E-state index contributed by atoms with van der Waals surface area (Å²) in [5.74, 6) is 2.64. The minimum Gasteiger partial charge on any atom is -0.485 e. The number of nitrogens with zero attached hydrogens (tertiary/aromatic N) is 2. The van der Waals surface area contributed by atoms with Crippen molar-refractivity contribution >= 4 is 0 Å². The van der Waals surface area contributed by atoms with Gasteiger partial charge in [-0.25, -0.2) is 0 Å². The lowest BCUT2D eigenvalue weighted by Gasteiger charge is -2.04. The number of nitrogens with one attached hydrogen (secondary N) is 1. The zero-order valence-corrected chi connectivity index (χ0v) is 12.6. The van der Waals surface area contributed by atoms with Gasteiger partial charge in [-0.3, -0.25) is 4.68 Å². The number of hydrogen-bond donors (Lipinski definition) is 1. The predicted octanol–water partition coefficient (Wildman–Crippen LogP) is 3.05. The topological polar surface area (TPSA) is 52.2 Å². The molecule has 0 atom stereocenters. The molecule has 0 amide bonds. The number of hydrogen-bond acceptors (Lipinski definition) is 4. The van der Waals surface area contributed by atoms with Crippen LogP contribution in [0.2, 0.25) is 0 Å². The first kappa shape index (κ1) is 14.7. The van der Waals surface area contributed by atoms with Gasteiger partial charge in [0.1, 0.15) is 18.1 Å². The van der Waals surface area contributed by atoms with Crippen molar-refractivity contribution in [1.82, 2.24) is 15.1 Å². The first-order valence-electron chi connectivity index (χ1n) is 7.06. The lowest BCUT2D eigenvalue weighted by atomic mass is 10.2. The molecule has 0 saturated heterocycles. The minimum absolute atomic E-state index is 0.342. The molecule has 2 heterocycles. The van der Waals surface area contributed by atoms with Crippen LogP contribution in [0.4, 0.5) is 0 Å². The Hall–Kier alpha value is -1.75. The summed E-state index contributed by atoms with van der Waals surface area (Å²) in [6.07, 6.45) is 3.66. The van der Waals surface area contributed by atoms with Crippen molar-refractivity contribution in [1.29, 1.82) is 0 Å². The summed E-state index contributed by atoms with van der Waals surface area (Å²) in [5.41, 5.74) is 1.08. The molecule has 0 fully saturated rings. The van der Waals surface area contributed by atoms with Crippen LogP contribution in [0.25, 0.3) is 0 Å². The molecule has 0 radical (unpaired) electrons. The van der Waals surface area contributed by atoms with E-state index in [4.69, 9.17) is 9.15 Å². The quantitative estimate of drug-likeness (QED) is 0.845. The summed E-state index contributed by atoms with van der Waals surface area (Å²) in [5, 5.41) is 7.50. The van der Waals surface area contributed by atoms with E-state index in [1.54, 1.807) is 6.20 Å². The van der Waals surface area contributed by atoms with Crippen LogP contribution in [-0.4, -0.2) is 16.3 Å². The standard InChI is InChI=1S/C15H23N3O2/c1-5-16-7-14-6-13(12(4)20-14)10-19-15-8-17-18(9-15)11(2)3/h6,8-9,11,16H,5,7,10H2,1-4H3. The Bertz CT molecular complexity index is 543. The van der Waals surface area contributed by atoms with Gasteiger partial charge < -0.3 is 14.5 Å². The number of aromatic nitrogens is 2. The van der Waals surface area contributed by atoms with Crippen LogP contribution >= 0.6 is 0 Å². The molecular weight excluding hydrogens is 254 g/mol. The minimum atomic E-state index is 0.342. The summed E-state index contributed by atoms with van der Waals surface area (Å²) in [6.45, 7) is 10.4. The van der Waals surface area contributed by atoms with Gasteiger partial charge in [-0.05, 0) is 33.4 Å². The van der Waals surface area contributed by atoms with Gasteiger partial charge in [-0.2, -0.15) is 5.10 Å². The molecule has 0 aliphatic carbocycles. The van der Waals surface area contributed by atoms with Crippen molar-refractivity contribution in [3.63, 3.8) is 0 Å². The maximum absolute atomic E-state index is 5.76. The molecule has 1 N–H and O–H groups in total. The Morgan fingerprint density at radius 2 is 2.25 bits per heavy atom. The third-order valence-corrected chi connectivity index (χ3v) is 3.12. The van der Waals surface area contributed by atoms with Gasteiger partial charge in [0.2, 0.25) is 0 Å². The average molecular weight is 277 g/mol. The molecule has 0 unspecified atom stereocenters. The van der Waals surface area contributed by atoms with E-state index in [0.29, 0.717) is 12.6 Å². The average Bonchev–Trinajstić information content (AvgIpc) is 3.01. The van der Waals surface area contributed by atoms with Crippen molar-refractivity contribution in [2.24, 2.45) is 0 Å². The van der Waals surface area contributed by atoms with Gasteiger partial charge in [0.05, 0.1) is 18.9 Å². The maximum Gasteiger partial charge on any atom is 0.157 e. The maximum atomic E-state index is 5.76. The highest BCUT2D eigenvalue weighted by atomic mass is 16.5. The fraction of sp³-hybridized carbons (Fsp3) is 0.533. The van der Waals surface area contributed by atoms with E-state index in [1.807, 2.05) is 23.9 Å². The highest BCUT2D eigenvalue weighted by molar-refractivity contribution is 5.21. The summed E-state index contributed by atoms with van der Waals surface area (Å²) in [4.78, 5) is 0. The highest BCUT2D eigenvalue weighted by Crippen LogP contribution is 2.18. The van der Waals surface area contributed by atoms with Crippen molar-refractivity contribution in [2.45, 2.75) is 46.9 Å². The second kappa shape index (κ2) is 6.61. The van der Waals surface area contributed by atoms with E-state index in [1.165, 1.54) is 0 Å². The predicted molar refractivity (Wildman–Crippen MR) is 77.8 cm³/mol. The van der Waals surface area contributed by atoms with Crippen molar-refractivity contribution in [3.05, 3.63) is 35.5 Å². The van der Waals surface area contributed by atoms with Crippen molar-refractivity contribution in [2.75, 3.05) is 6.54 Å². The monoisotopic (exact) mass is 277 g/mol. The molecule has 2 rings (SSSR count).